The molecule has 0 aliphatic heterocycles. The molecular formula is C18H22N4O. The highest BCUT2D eigenvalue weighted by Gasteiger charge is 2.20. The molecule has 23 heavy (non-hydrogen) atoms. The molecule has 1 unspecified atom stereocenters. The number of likely N-dealkylation sites (N-methyl/N-ethyl adjacent to an activating group) is 1. The van der Waals surface area contributed by atoms with E-state index >= 15 is 0 Å². The van der Waals surface area contributed by atoms with Crippen molar-refractivity contribution in [3.8, 4) is 0 Å². The molecule has 0 saturated carbocycles. The first-order chi connectivity index (χ1) is 11.2. The number of fused-ring (bicyclic) bond motifs is 1. The van der Waals surface area contributed by atoms with E-state index in [1.54, 1.807) is 7.11 Å². The van der Waals surface area contributed by atoms with Gasteiger partial charge in [0.25, 0.3) is 0 Å². The third-order valence-electron chi connectivity index (χ3n) is 4.11. The molecule has 0 fully saturated rings. The lowest BCUT2D eigenvalue weighted by molar-refractivity contribution is 0.0990. The van der Waals surface area contributed by atoms with Crippen LogP contribution in [0.5, 0.6) is 0 Å². The van der Waals surface area contributed by atoms with Gasteiger partial charge in [-0.1, -0.05) is 12.1 Å². The van der Waals surface area contributed by atoms with Crippen LogP contribution in [-0.2, 0) is 11.3 Å². The third-order valence-corrected chi connectivity index (χ3v) is 4.11. The summed E-state index contributed by atoms with van der Waals surface area (Å²) in [5.74, 6) is 0. The van der Waals surface area contributed by atoms with Gasteiger partial charge in [-0.25, -0.2) is 4.98 Å². The lowest BCUT2D eigenvalue weighted by Gasteiger charge is -2.27. The Kier molecular flexibility index (Phi) is 4.69. The maximum atomic E-state index is 5.41. The number of methoxy groups -OCH3 is 1. The largest absolute Gasteiger partial charge is 0.383 e. The van der Waals surface area contributed by atoms with Gasteiger partial charge in [0, 0.05) is 26.0 Å². The highest BCUT2D eigenvalue weighted by molar-refractivity contribution is 5.42. The molecule has 0 aromatic carbocycles. The van der Waals surface area contributed by atoms with E-state index in [1.807, 2.05) is 42.6 Å². The molecule has 3 aromatic rings. The highest BCUT2D eigenvalue weighted by Crippen LogP contribution is 2.21. The number of hydrogen-bond donors (Lipinski definition) is 0. The molecule has 0 amide bonds. The molecule has 0 aliphatic carbocycles. The summed E-state index contributed by atoms with van der Waals surface area (Å²) in [7, 11) is 3.82. The van der Waals surface area contributed by atoms with Crippen molar-refractivity contribution < 1.29 is 4.74 Å². The van der Waals surface area contributed by atoms with Crippen LogP contribution in [0.1, 0.15) is 23.1 Å². The molecule has 3 rings (SSSR count). The van der Waals surface area contributed by atoms with Crippen LogP contribution in [0.25, 0.3) is 5.65 Å². The fraction of sp³-hybridized carbons (Fsp3) is 0.333. The molecule has 5 heteroatoms. The zero-order valence-electron chi connectivity index (χ0n) is 13.8. The first-order valence-corrected chi connectivity index (χ1v) is 7.73. The van der Waals surface area contributed by atoms with E-state index in [1.165, 1.54) is 5.69 Å². The van der Waals surface area contributed by atoms with Crippen LogP contribution in [0.4, 0.5) is 0 Å². The Hall–Kier alpha value is -2.24. The molecule has 120 valence electrons. The summed E-state index contributed by atoms with van der Waals surface area (Å²) >= 11 is 0. The summed E-state index contributed by atoms with van der Waals surface area (Å²) in [6.45, 7) is 3.44. The summed E-state index contributed by atoms with van der Waals surface area (Å²) in [5, 5.41) is 0. The molecule has 3 aromatic heterocycles. The van der Waals surface area contributed by atoms with Crippen molar-refractivity contribution in [1.82, 2.24) is 19.3 Å². The van der Waals surface area contributed by atoms with Gasteiger partial charge in [-0.15, -0.1) is 0 Å². The highest BCUT2D eigenvalue weighted by atomic mass is 16.5. The Morgan fingerprint density at radius 1 is 1.22 bits per heavy atom. The van der Waals surface area contributed by atoms with Crippen LogP contribution < -0.4 is 0 Å². The normalized spacial score (nSPS) is 12.9. The van der Waals surface area contributed by atoms with E-state index in [0.29, 0.717) is 6.61 Å². The van der Waals surface area contributed by atoms with Gasteiger partial charge >= 0.3 is 0 Å². The second-order valence-electron chi connectivity index (χ2n) is 5.71. The van der Waals surface area contributed by atoms with Crippen molar-refractivity contribution >= 4 is 5.65 Å². The van der Waals surface area contributed by atoms with Gasteiger partial charge < -0.3 is 9.14 Å². The first kappa shape index (κ1) is 15.6. The molecule has 5 nitrogen and oxygen atoms in total. The van der Waals surface area contributed by atoms with Gasteiger partial charge in [-0.2, -0.15) is 0 Å². The van der Waals surface area contributed by atoms with Crippen molar-refractivity contribution in [3.63, 3.8) is 0 Å². The lowest BCUT2D eigenvalue weighted by atomic mass is 10.1. The van der Waals surface area contributed by atoms with E-state index < -0.39 is 0 Å². The van der Waals surface area contributed by atoms with Crippen LogP contribution >= 0.6 is 0 Å². The Labute approximate surface area is 136 Å². The predicted octanol–water partition coefficient (Wildman–Crippen LogP) is 2.86. The number of nitrogens with zero attached hydrogens (tertiary/aromatic N) is 4. The van der Waals surface area contributed by atoms with Gasteiger partial charge in [-0.05, 0) is 38.2 Å². The molecule has 1 atom stereocenters. The lowest BCUT2D eigenvalue weighted by Crippen LogP contribution is -2.29. The fourth-order valence-electron chi connectivity index (χ4n) is 2.87. The van der Waals surface area contributed by atoms with E-state index in [0.717, 1.165) is 23.6 Å². The standard InChI is InChI=1S/C18H22N4O/c1-14-16(22-11-7-5-9-18(22)20-14)12-21(2)17(13-23-3)15-8-4-6-10-19-15/h4-11,17H,12-13H2,1-3H3. The third kappa shape index (κ3) is 3.25. The van der Waals surface area contributed by atoms with Crippen molar-refractivity contribution in [1.29, 1.82) is 0 Å². The minimum absolute atomic E-state index is 0.106. The van der Waals surface area contributed by atoms with Crippen molar-refractivity contribution in [2.24, 2.45) is 0 Å². The number of aryl methyl sites for hydroxylation is 1. The molecule has 3 heterocycles. The average Bonchev–Trinajstić information content (AvgIpc) is 2.89. The van der Waals surface area contributed by atoms with Gasteiger partial charge in [0.05, 0.1) is 29.7 Å². The van der Waals surface area contributed by atoms with E-state index in [9.17, 15) is 0 Å². The Bertz CT molecular complexity index is 769. The van der Waals surface area contributed by atoms with Crippen LogP contribution in [-0.4, -0.2) is 40.0 Å². The molecule has 0 spiro atoms. The number of ether oxygens (including phenoxy) is 1. The summed E-state index contributed by atoms with van der Waals surface area (Å²) in [5.41, 5.74) is 4.25. The van der Waals surface area contributed by atoms with E-state index in [4.69, 9.17) is 4.74 Å². The molecule has 0 radical (unpaired) electrons. The van der Waals surface area contributed by atoms with Crippen LogP contribution in [0.2, 0.25) is 0 Å². The maximum Gasteiger partial charge on any atom is 0.137 e. The Balaban J connectivity index is 1.89. The zero-order valence-corrected chi connectivity index (χ0v) is 13.8. The fourth-order valence-corrected chi connectivity index (χ4v) is 2.87. The summed E-state index contributed by atoms with van der Waals surface area (Å²) < 4.78 is 7.56. The van der Waals surface area contributed by atoms with Gasteiger partial charge in [0.15, 0.2) is 0 Å². The van der Waals surface area contributed by atoms with Gasteiger partial charge in [0.2, 0.25) is 0 Å². The average molecular weight is 310 g/mol. The summed E-state index contributed by atoms with van der Waals surface area (Å²) in [4.78, 5) is 11.4. The molecule has 0 saturated heterocycles. The second-order valence-corrected chi connectivity index (χ2v) is 5.71. The monoisotopic (exact) mass is 310 g/mol. The molecular weight excluding hydrogens is 288 g/mol. The molecule has 0 bridgehead atoms. The van der Waals surface area contributed by atoms with Crippen molar-refractivity contribution in [2.75, 3.05) is 20.8 Å². The van der Waals surface area contributed by atoms with Gasteiger partial charge in [-0.3, -0.25) is 9.88 Å². The SMILES string of the molecule is COCC(c1ccccn1)N(C)Cc1c(C)nc2ccccn12. The second kappa shape index (κ2) is 6.89. The predicted molar refractivity (Wildman–Crippen MR) is 90.3 cm³/mol. The quantitative estimate of drug-likeness (QED) is 0.702. The van der Waals surface area contributed by atoms with Crippen LogP contribution in [0, 0.1) is 6.92 Å². The number of imidazole rings is 1. The van der Waals surface area contributed by atoms with E-state index in [2.05, 4.69) is 39.4 Å². The number of aromatic nitrogens is 3. The maximum absolute atomic E-state index is 5.41. The van der Waals surface area contributed by atoms with E-state index in [-0.39, 0.29) is 6.04 Å². The number of hydrogen-bond acceptors (Lipinski definition) is 4. The van der Waals surface area contributed by atoms with Crippen LogP contribution in [0.3, 0.4) is 0 Å². The summed E-state index contributed by atoms with van der Waals surface area (Å²) in [6, 6.07) is 12.2. The number of rotatable bonds is 6. The minimum Gasteiger partial charge on any atom is -0.383 e. The topological polar surface area (TPSA) is 42.7 Å². The molecule has 0 N–H and O–H groups in total. The Morgan fingerprint density at radius 2 is 2.04 bits per heavy atom. The van der Waals surface area contributed by atoms with Crippen molar-refractivity contribution in [2.45, 2.75) is 19.5 Å². The Morgan fingerprint density at radius 3 is 2.78 bits per heavy atom. The smallest absolute Gasteiger partial charge is 0.137 e. The van der Waals surface area contributed by atoms with Crippen LogP contribution in [0.15, 0.2) is 48.8 Å². The first-order valence-electron chi connectivity index (χ1n) is 7.73. The minimum atomic E-state index is 0.106. The van der Waals surface area contributed by atoms with Crippen molar-refractivity contribution in [3.05, 3.63) is 65.9 Å². The molecule has 0 aliphatic rings. The zero-order chi connectivity index (χ0) is 16.2. The van der Waals surface area contributed by atoms with Gasteiger partial charge in [0.1, 0.15) is 5.65 Å². The number of pyridine rings is 2. The summed E-state index contributed by atoms with van der Waals surface area (Å²) in [6.07, 6.45) is 3.88.